The van der Waals surface area contributed by atoms with Crippen LogP contribution in [0.5, 0.6) is 0 Å². The third-order valence-corrected chi connectivity index (χ3v) is 3.44. The van der Waals surface area contributed by atoms with Gasteiger partial charge in [0, 0.05) is 11.8 Å². The Balaban J connectivity index is 1.92. The van der Waals surface area contributed by atoms with Crippen molar-refractivity contribution in [3.05, 3.63) is 69.5 Å². The van der Waals surface area contributed by atoms with Gasteiger partial charge in [-0.05, 0) is 42.7 Å². The molecule has 1 N–H and O–H groups in total. The lowest BCUT2D eigenvalue weighted by molar-refractivity contribution is -0.402. The molecule has 1 amide bonds. The monoisotopic (exact) mass is 341 g/mol. The van der Waals surface area contributed by atoms with E-state index in [-0.39, 0.29) is 11.8 Å². The van der Waals surface area contributed by atoms with E-state index < -0.39 is 4.92 Å². The number of nitro groups is 1. The number of benzene rings is 1. The maximum atomic E-state index is 12.2. The molecular weight excluding hydrogens is 322 g/mol. The first-order chi connectivity index (χ1) is 12.1. The molecule has 0 bridgehead atoms. The summed E-state index contributed by atoms with van der Waals surface area (Å²) in [6.07, 6.45) is 7.33. The molecular formula is C18H19N3O4. The van der Waals surface area contributed by atoms with Crippen LogP contribution in [-0.2, 0) is 6.42 Å². The van der Waals surface area contributed by atoms with E-state index in [1.807, 2.05) is 18.2 Å². The van der Waals surface area contributed by atoms with E-state index in [1.165, 1.54) is 30.5 Å². The van der Waals surface area contributed by atoms with Crippen molar-refractivity contribution in [2.24, 2.45) is 5.10 Å². The van der Waals surface area contributed by atoms with Crippen LogP contribution in [0.15, 0.2) is 52.0 Å². The third kappa shape index (κ3) is 5.42. The number of allylic oxidation sites excluding steroid dienone is 1. The van der Waals surface area contributed by atoms with Gasteiger partial charge in [0.15, 0.2) is 0 Å². The number of hydrogen-bond acceptors (Lipinski definition) is 5. The fourth-order valence-electron chi connectivity index (χ4n) is 2.19. The largest absolute Gasteiger partial charge is 0.433 e. The molecule has 0 spiro atoms. The van der Waals surface area contributed by atoms with Crippen molar-refractivity contribution < 1.29 is 14.1 Å². The highest BCUT2D eigenvalue weighted by atomic mass is 16.6. The standard InChI is InChI=1S/C18H19N3O4/c1-2-3-7-14-8-4-5-10-16(14)18(22)20-19-13-6-9-15-11-12-17(25-15)21(23)24/h4-6,8-13H,2-3,7H2,1H3,(H,20,22)/b9-6+,19-13-. The number of nitrogens with zero attached hydrogens (tertiary/aromatic N) is 2. The van der Waals surface area contributed by atoms with Crippen molar-refractivity contribution in [2.75, 3.05) is 0 Å². The van der Waals surface area contributed by atoms with E-state index in [0.717, 1.165) is 24.8 Å². The number of hydrogen-bond donors (Lipinski definition) is 1. The van der Waals surface area contributed by atoms with Gasteiger partial charge in [0.1, 0.15) is 10.7 Å². The van der Waals surface area contributed by atoms with Crippen molar-refractivity contribution >= 4 is 24.1 Å². The zero-order valence-corrected chi connectivity index (χ0v) is 13.8. The predicted molar refractivity (Wildman–Crippen MR) is 95.4 cm³/mol. The fourth-order valence-corrected chi connectivity index (χ4v) is 2.19. The quantitative estimate of drug-likeness (QED) is 0.446. The Morgan fingerprint density at radius 2 is 2.12 bits per heavy atom. The molecule has 0 aliphatic heterocycles. The molecule has 0 aliphatic carbocycles. The second kappa shape index (κ2) is 9.17. The lowest BCUT2D eigenvalue weighted by atomic mass is 10.0. The Morgan fingerprint density at radius 3 is 2.84 bits per heavy atom. The molecule has 7 nitrogen and oxygen atoms in total. The van der Waals surface area contributed by atoms with Gasteiger partial charge in [0.25, 0.3) is 5.91 Å². The molecule has 0 aliphatic rings. The van der Waals surface area contributed by atoms with Gasteiger partial charge in [-0.2, -0.15) is 5.10 Å². The maximum Gasteiger partial charge on any atom is 0.433 e. The second-order valence-corrected chi connectivity index (χ2v) is 5.27. The molecule has 130 valence electrons. The molecule has 0 saturated carbocycles. The summed E-state index contributed by atoms with van der Waals surface area (Å²) in [5.41, 5.74) is 4.07. The lowest BCUT2D eigenvalue weighted by Gasteiger charge is -2.07. The molecule has 1 aromatic carbocycles. The number of amides is 1. The van der Waals surface area contributed by atoms with Crippen LogP contribution in [0.4, 0.5) is 5.88 Å². The van der Waals surface area contributed by atoms with E-state index in [2.05, 4.69) is 17.5 Å². The molecule has 0 atom stereocenters. The van der Waals surface area contributed by atoms with Gasteiger partial charge in [-0.1, -0.05) is 31.5 Å². The molecule has 7 heteroatoms. The predicted octanol–water partition coefficient (Wildman–Crippen LogP) is 3.96. The minimum absolute atomic E-state index is 0.273. The molecule has 2 aromatic rings. The highest BCUT2D eigenvalue weighted by Gasteiger charge is 2.10. The summed E-state index contributed by atoms with van der Waals surface area (Å²) >= 11 is 0. The molecule has 0 fully saturated rings. The van der Waals surface area contributed by atoms with Gasteiger partial charge in [0.05, 0.1) is 6.07 Å². The summed E-state index contributed by atoms with van der Waals surface area (Å²) in [6.45, 7) is 2.10. The molecule has 25 heavy (non-hydrogen) atoms. The number of nitrogens with one attached hydrogen (secondary N) is 1. The average Bonchev–Trinajstić information content (AvgIpc) is 3.09. The van der Waals surface area contributed by atoms with Crippen molar-refractivity contribution in [3.8, 4) is 0 Å². The van der Waals surface area contributed by atoms with Crippen LogP contribution >= 0.6 is 0 Å². The highest BCUT2D eigenvalue weighted by Crippen LogP contribution is 2.16. The summed E-state index contributed by atoms with van der Waals surface area (Å²) in [7, 11) is 0. The van der Waals surface area contributed by atoms with Gasteiger partial charge in [-0.3, -0.25) is 14.9 Å². The van der Waals surface area contributed by atoms with Crippen LogP contribution in [0.3, 0.4) is 0 Å². The van der Waals surface area contributed by atoms with E-state index in [1.54, 1.807) is 6.07 Å². The van der Waals surface area contributed by atoms with Crippen LogP contribution in [0.2, 0.25) is 0 Å². The van der Waals surface area contributed by atoms with Crippen LogP contribution in [0.1, 0.15) is 41.4 Å². The minimum atomic E-state index is -0.609. The van der Waals surface area contributed by atoms with E-state index in [4.69, 9.17) is 4.42 Å². The number of aryl methyl sites for hydroxylation is 1. The Hall–Kier alpha value is -3.22. The molecule has 1 aromatic heterocycles. The molecule has 1 heterocycles. The highest BCUT2D eigenvalue weighted by molar-refractivity contribution is 5.96. The summed E-state index contributed by atoms with van der Waals surface area (Å²) in [4.78, 5) is 22.1. The van der Waals surface area contributed by atoms with E-state index in [9.17, 15) is 14.9 Å². The summed E-state index contributed by atoms with van der Waals surface area (Å²) in [5, 5.41) is 14.3. The van der Waals surface area contributed by atoms with Gasteiger partial charge >= 0.3 is 5.88 Å². The smallest absolute Gasteiger partial charge is 0.401 e. The zero-order chi connectivity index (χ0) is 18.1. The van der Waals surface area contributed by atoms with Crippen LogP contribution in [0, 0.1) is 10.1 Å². The Bertz CT molecular complexity index is 793. The summed E-state index contributed by atoms with van der Waals surface area (Å²) < 4.78 is 4.96. The number of unbranched alkanes of at least 4 members (excludes halogenated alkanes) is 1. The molecule has 0 unspecified atom stereocenters. The number of hydrazone groups is 1. The minimum Gasteiger partial charge on any atom is -0.401 e. The first-order valence-corrected chi connectivity index (χ1v) is 7.94. The van der Waals surface area contributed by atoms with Crippen molar-refractivity contribution in [1.82, 2.24) is 5.43 Å². The first kappa shape index (κ1) is 18.1. The number of carbonyl (C=O) groups is 1. The number of carbonyl (C=O) groups excluding carboxylic acids is 1. The van der Waals surface area contributed by atoms with E-state index >= 15 is 0 Å². The van der Waals surface area contributed by atoms with Gasteiger partial charge < -0.3 is 4.42 Å². The lowest BCUT2D eigenvalue weighted by Crippen LogP contribution is -2.19. The Morgan fingerprint density at radius 1 is 1.32 bits per heavy atom. The van der Waals surface area contributed by atoms with Crippen molar-refractivity contribution in [1.29, 1.82) is 0 Å². The average molecular weight is 341 g/mol. The topological polar surface area (TPSA) is 97.7 Å². The normalized spacial score (nSPS) is 11.2. The van der Waals surface area contributed by atoms with Crippen molar-refractivity contribution in [3.63, 3.8) is 0 Å². The van der Waals surface area contributed by atoms with Crippen LogP contribution < -0.4 is 5.43 Å². The number of furan rings is 1. The fraction of sp³-hybridized carbons (Fsp3) is 0.222. The maximum absolute atomic E-state index is 12.2. The summed E-state index contributed by atoms with van der Waals surface area (Å²) in [6, 6.07) is 10.2. The van der Waals surface area contributed by atoms with Crippen LogP contribution in [0.25, 0.3) is 6.08 Å². The summed E-state index contributed by atoms with van der Waals surface area (Å²) in [5.74, 6) is -0.270. The third-order valence-electron chi connectivity index (χ3n) is 3.44. The second-order valence-electron chi connectivity index (χ2n) is 5.27. The molecule has 2 rings (SSSR count). The first-order valence-electron chi connectivity index (χ1n) is 7.94. The van der Waals surface area contributed by atoms with Crippen molar-refractivity contribution in [2.45, 2.75) is 26.2 Å². The SMILES string of the molecule is CCCCc1ccccc1C(=O)N/N=C\C=C\c1ccc([N+](=O)[O-])o1. The van der Waals surface area contributed by atoms with Gasteiger partial charge in [-0.25, -0.2) is 5.43 Å². The van der Waals surface area contributed by atoms with Gasteiger partial charge in [-0.15, -0.1) is 0 Å². The zero-order valence-electron chi connectivity index (χ0n) is 13.8. The van der Waals surface area contributed by atoms with Gasteiger partial charge in [0.2, 0.25) is 0 Å². The Labute approximate surface area is 145 Å². The van der Waals surface area contributed by atoms with Crippen LogP contribution in [-0.4, -0.2) is 17.0 Å². The molecule has 0 saturated heterocycles. The molecule has 0 radical (unpaired) electrons. The number of rotatable bonds is 8. The Kier molecular flexibility index (Phi) is 6.65. The van der Waals surface area contributed by atoms with E-state index in [0.29, 0.717) is 11.3 Å².